The Kier molecular flexibility index (Phi) is 5.61. The van der Waals surface area contributed by atoms with Gasteiger partial charge in [0.2, 0.25) is 5.91 Å². The topological polar surface area (TPSA) is 66.4 Å². The molecular weight excluding hydrogens is 328 g/mol. The standard InChI is InChI=1S/C20H24N4O2/c1-3-17-13-23(20(26)18-11-21-14-22-15(18)2)10-9-19(25)24(17)12-16-7-5-4-6-8-16/h4-8,11,14,17H,3,9-10,12-13H2,1-2H3/t17-/m0/s1. The van der Waals surface area contributed by atoms with Gasteiger partial charge in [0.25, 0.3) is 5.91 Å². The van der Waals surface area contributed by atoms with Crippen LogP contribution in [0.3, 0.4) is 0 Å². The van der Waals surface area contributed by atoms with Crippen molar-refractivity contribution in [1.29, 1.82) is 0 Å². The van der Waals surface area contributed by atoms with Crippen molar-refractivity contribution in [3.63, 3.8) is 0 Å². The molecule has 0 bridgehead atoms. The third-order valence-corrected chi connectivity index (χ3v) is 4.88. The molecule has 1 fully saturated rings. The minimum Gasteiger partial charge on any atom is -0.336 e. The van der Waals surface area contributed by atoms with Crippen LogP contribution >= 0.6 is 0 Å². The lowest BCUT2D eigenvalue weighted by Crippen LogP contribution is -2.44. The van der Waals surface area contributed by atoms with Crippen LogP contribution in [0.25, 0.3) is 0 Å². The highest BCUT2D eigenvalue weighted by Crippen LogP contribution is 2.19. The molecule has 6 heteroatoms. The summed E-state index contributed by atoms with van der Waals surface area (Å²) < 4.78 is 0. The number of aromatic nitrogens is 2. The molecule has 0 aliphatic carbocycles. The van der Waals surface area contributed by atoms with Crippen molar-refractivity contribution < 1.29 is 9.59 Å². The van der Waals surface area contributed by atoms with Crippen molar-refractivity contribution in [3.8, 4) is 0 Å². The molecule has 1 aromatic heterocycles. The number of carbonyl (C=O) groups is 2. The van der Waals surface area contributed by atoms with Crippen LogP contribution in [-0.4, -0.2) is 50.7 Å². The van der Waals surface area contributed by atoms with Crippen LogP contribution in [0.15, 0.2) is 42.9 Å². The third kappa shape index (κ3) is 3.90. The van der Waals surface area contributed by atoms with E-state index in [1.54, 1.807) is 18.0 Å². The van der Waals surface area contributed by atoms with E-state index in [1.165, 1.54) is 6.33 Å². The minimum atomic E-state index is -0.101. The maximum atomic E-state index is 12.9. The smallest absolute Gasteiger partial charge is 0.257 e. The molecule has 2 heterocycles. The van der Waals surface area contributed by atoms with E-state index in [1.807, 2.05) is 35.2 Å². The maximum absolute atomic E-state index is 12.9. The monoisotopic (exact) mass is 352 g/mol. The molecule has 6 nitrogen and oxygen atoms in total. The number of nitrogens with zero attached hydrogens (tertiary/aromatic N) is 4. The van der Waals surface area contributed by atoms with E-state index in [4.69, 9.17) is 0 Å². The molecule has 2 aromatic rings. The van der Waals surface area contributed by atoms with Gasteiger partial charge >= 0.3 is 0 Å². The highest BCUT2D eigenvalue weighted by atomic mass is 16.2. The molecule has 2 amide bonds. The Balaban J connectivity index is 1.80. The number of amides is 2. The molecule has 1 aromatic carbocycles. The summed E-state index contributed by atoms with van der Waals surface area (Å²) in [7, 11) is 0. The molecule has 136 valence electrons. The first-order valence-electron chi connectivity index (χ1n) is 8.99. The Labute approximate surface area is 153 Å². The van der Waals surface area contributed by atoms with E-state index in [0.29, 0.717) is 37.3 Å². The first-order chi connectivity index (χ1) is 12.6. The quantitative estimate of drug-likeness (QED) is 0.848. The summed E-state index contributed by atoms with van der Waals surface area (Å²) >= 11 is 0. The van der Waals surface area contributed by atoms with Gasteiger partial charge in [-0.25, -0.2) is 9.97 Å². The highest BCUT2D eigenvalue weighted by Gasteiger charge is 2.31. The van der Waals surface area contributed by atoms with Gasteiger partial charge in [-0.2, -0.15) is 0 Å². The van der Waals surface area contributed by atoms with Crippen molar-refractivity contribution in [2.75, 3.05) is 13.1 Å². The van der Waals surface area contributed by atoms with Crippen molar-refractivity contribution in [3.05, 3.63) is 59.7 Å². The van der Waals surface area contributed by atoms with Gasteiger partial charge in [0.05, 0.1) is 11.3 Å². The van der Waals surface area contributed by atoms with Gasteiger partial charge < -0.3 is 9.80 Å². The number of benzene rings is 1. The first-order valence-corrected chi connectivity index (χ1v) is 8.99. The van der Waals surface area contributed by atoms with Crippen LogP contribution in [-0.2, 0) is 11.3 Å². The van der Waals surface area contributed by atoms with E-state index in [9.17, 15) is 9.59 Å². The summed E-state index contributed by atoms with van der Waals surface area (Å²) in [6.45, 7) is 5.39. The van der Waals surface area contributed by atoms with E-state index in [-0.39, 0.29) is 17.9 Å². The number of hydrogen-bond donors (Lipinski definition) is 0. The molecule has 0 radical (unpaired) electrons. The Bertz CT molecular complexity index is 778. The molecular formula is C20H24N4O2. The van der Waals surface area contributed by atoms with Crippen LogP contribution < -0.4 is 0 Å². The van der Waals surface area contributed by atoms with E-state index in [0.717, 1.165) is 12.0 Å². The van der Waals surface area contributed by atoms with Gasteiger partial charge in [-0.05, 0) is 18.9 Å². The highest BCUT2D eigenvalue weighted by molar-refractivity contribution is 5.95. The Morgan fingerprint density at radius 2 is 2.04 bits per heavy atom. The first kappa shape index (κ1) is 18.0. The summed E-state index contributed by atoms with van der Waals surface area (Å²) in [6, 6.07) is 9.98. The lowest BCUT2D eigenvalue weighted by Gasteiger charge is -2.31. The van der Waals surface area contributed by atoms with Gasteiger partial charge in [-0.15, -0.1) is 0 Å². The SMILES string of the molecule is CC[C@H]1CN(C(=O)c2cncnc2C)CCC(=O)N1Cc1ccccc1. The van der Waals surface area contributed by atoms with Gasteiger partial charge in [0.1, 0.15) is 6.33 Å². The molecule has 26 heavy (non-hydrogen) atoms. The Morgan fingerprint density at radius 1 is 1.27 bits per heavy atom. The second kappa shape index (κ2) is 8.08. The van der Waals surface area contributed by atoms with Crippen LogP contribution in [0, 0.1) is 6.92 Å². The predicted octanol–water partition coefficient (Wildman–Crippen LogP) is 2.44. The molecule has 0 saturated carbocycles. The zero-order chi connectivity index (χ0) is 18.5. The molecule has 1 saturated heterocycles. The minimum absolute atomic E-state index is 0.000840. The van der Waals surface area contributed by atoms with Gasteiger partial charge in [-0.3, -0.25) is 9.59 Å². The average Bonchev–Trinajstić information content (AvgIpc) is 2.82. The largest absolute Gasteiger partial charge is 0.336 e. The average molecular weight is 352 g/mol. The normalized spacial score (nSPS) is 17.9. The zero-order valence-electron chi connectivity index (χ0n) is 15.3. The molecule has 0 N–H and O–H groups in total. The molecule has 0 spiro atoms. The molecule has 3 rings (SSSR count). The number of rotatable bonds is 4. The summed E-state index contributed by atoms with van der Waals surface area (Å²) in [4.78, 5) is 37.4. The molecule has 1 aliphatic heterocycles. The fourth-order valence-corrected chi connectivity index (χ4v) is 3.32. The summed E-state index contributed by atoms with van der Waals surface area (Å²) in [5.41, 5.74) is 2.27. The van der Waals surface area contributed by atoms with Crippen molar-refractivity contribution in [1.82, 2.24) is 19.8 Å². The van der Waals surface area contributed by atoms with Crippen LogP contribution in [0.2, 0.25) is 0 Å². The second-order valence-corrected chi connectivity index (χ2v) is 6.59. The van der Waals surface area contributed by atoms with Crippen molar-refractivity contribution in [2.45, 2.75) is 39.3 Å². The fourth-order valence-electron chi connectivity index (χ4n) is 3.32. The van der Waals surface area contributed by atoms with Crippen LogP contribution in [0.1, 0.15) is 41.4 Å². The van der Waals surface area contributed by atoms with Gasteiger partial charge in [0, 0.05) is 38.3 Å². The van der Waals surface area contributed by atoms with E-state index >= 15 is 0 Å². The predicted molar refractivity (Wildman–Crippen MR) is 98.4 cm³/mol. The lowest BCUT2D eigenvalue weighted by atomic mass is 10.1. The fraction of sp³-hybridized carbons (Fsp3) is 0.400. The number of carbonyl (C=O) groups excluding carboxylic acids is 2. The lowest BCUT2D eigenvalue weighted by molar-refractivity contribution is -0.133. The zero-order valence-corrected chi connectivity index (χ0v) is 15.3. The maximum Gasteiger partial charge on any atom is 0.257 e. The van der Waals surface area contributed by atoms with Crippen LogP contribution in [0.4, 0.5) is 0 Å². The number of hydrogen-bond acceptors (Lipinski definition) is 4. The third-order valence-electron chi connectivity index (χ3n) is 4.88. The van der Waals surface area contributed by atoms with Gasteiger partial charge in [0.15, 0.2) is 0 Å². The van der Waals surface area contributed by atoms with Crippen LogP contribution in [0.5, 0.6) is 0 Å². The molecule has 1 atom stereocenters. The second-order valence-electron chi connectivity index (χ2n) is 6.59. The van der Waals surface area contributed by atoms with E-state index in [2.05, 4.69) is 16.9 Å². The Hall–Kier alpha value is -2.76. The van der Waals surface area contributed by atoms with Gasteiger partial charge in [-0.1, -0.05) is 37.3 Å². The summed E-state index contributed by atoms with van der Waals surface area (Å²) in [5.74, 6) is -0.00653. The van der Waals surface area contributed by atoms with E-state index < -0.39 is 0 Å². The Morgan fingerprint density at radius 3 is 2.73 bits per heavy atom. The number of aryl methyl sites for hydroxylation is 1. The van der Waals surface area contributed by atoms with Crippen molar-refractivity contribution in [2.24, 2.45) is 0 Å². The molecule has 1 aliphatic rings. The summed E-state index contributed by atoms with van der Waals surface area (Å²) in [6.07, 6.45) is 4.13. The summed E-state index contributed by atoms with van der Waals surface area (Å²) in [5, 5.41) is 0. The molecule has 0 unspecified atom stereocenters. The van der Waals surface area contributed by atoms with Crippen molar-refractivity contribution >= 4 is 11.8 Å².